The molecule has 0 fully saturated rings. The van der Waals surface area contributed by atoms with Crippen LogP contribution in [0.2, 0.25) is 39.3 Å². The van der Waals surface area contributed by atoms with E-state index in [1.807, 2.05) is 0 Å². The molecular weight excluding hydrogens is 356 g/mol. The van der Waals surface area contributed by atoms with Crippen molar-refractivity contribution in [3.05, 3.63) is 23.3 Å². The first-order valence-electron chi connectivity index (χ1n) is 7.84. The topological polar surface area (TPSA) is 34.1 Å². The van der Waals surface area contributed by atoms with Crippen LogP contribution in [0, 0.1) is 0 Å². The second-order valence-electron chi connectivity index (χ2n) is 8.23. The van der Waals surface area contributed by atoms with Crippen molar-refractivity contribution in [1.82, 2.24) is 0 Å². The summed E-state index contributed by atoms with van der Waals surface area (Å²) >= 11 is 3.49. The average Bonchev–Trinajstić information content (AvgIpc) is 2.99. The lowest BCUT2D eigenvalue weighted by molar-refractivity contribution is 0.0897. The summed E-state index contributed by atoms with van der Waals surface area (Å²) in [5.74, 6) is -0.0209. The van der Waals surface area contributed by atoms with Crippen molar-refractivity contribution in [2.75, 3.05) is 0 Å². The third kappa shape index (κ3) is 2.97. The van der Waals surface area contributed by atoms with Gasteiger partial charge >= 0.3 is 0 Å². The van der Waals surface area contributed by atoms with Gasteiger partial charge in [-0.15, -0.1) is 22.7 Å². The van der Waals surface area contributed by atoms with Crippen molar-refractivity contribution < 1.29 is 9.59 Å². The van der Waals surface area contributed by atoms with Gasteiger partial charge in [0.25, 0.3) is 0 Å². The van der Waals surface area contributed by atoms with E-state index in [-0.39, 0.29) is 18.0 Å². The van der Waals surface area contributed by atoms with Crippen molar-refractivity contribution >= 4 is 59.4 Å². The molecular formula is C17H22O2S2Si2. The number of Topliss-reactive ketones (excluding diaryl/α,β-unsaturated/α-hetero) is 2. The van der Waals surface area contributed by atoms with E-state index >= 15 is 0 Å². The van der Waals surface area contributed by atoms with Crippen LogP contribution in [-0.2, 0) is 0 Å². The molecule has 0 atom stereocenters. The molecule has 1 aliphatic rings. The molecule has 1 aliphatic carbocycles. The van der Waals surface area contributed by atoms with Crippen molar-refractivity contribution in [2.45, 2.75) is 45.7 Å². The summed E-state index contributed by atoms with van der Waals surface area (Å²) in [6, 6.07) is 4.15. The van der Waals surface area contributed by atoms with Crippen LogP contribution in [0.25, 0.3) is 9.75 Å². The maximum Gasteiger partial charge on any atom is 0.172 e. The standard InChI is InChI=1S/C17H22O2S2Si2/c1-22(2,3)14-7-10-12(18)9-13(19)11-8-15(23(4,5)6)21-17(11)16(10)20-14/h7-8H,9H2,1-6H3. The quantitative estimate of drug-likeness (QED) is 0.575. The number of ketones is 2. The third-order valence-electron chi connectivity index (χ3n) is 4.07. The SMILES string of the molecule is C[Si](C)(C)c1cc2c(s1)-c1sc([Si](C)(C)C)cc1C(=O)CC2=O. The molecule has 0 unspecified atom stereocenters. The van der Waals surface area contributed by atoms with Gasteiger partial charge in [-0.25, -0.2) is 0 Å². The van der Waals surface area contributed by atoms with Crippen molar-refractivity contribution in [3.8, 4) is 9.75 Å². The second kappa shape index (κ2) is 5.34. The highest BCUT2D eigenvalue weighted by molar-refractivity contribution is 7.34. The minimum atomic E-state index is -1.47. The fraction of sp³-hybridized carbons (Fsp3) is 0.412. The predicted molar refractivity (Wildman–Crippen MR) is 107 cm³/mol. The van der Waals surface area contributed by atoms with E-state index in [9.17, 15) is 9.59 Å². The molecule has 0 spiro atoms. The molecule has 0 saturated heterocycles. The van der Waals surface area contributed by atoms with Gasteiger partial charge in [-0.05, 0) is 21.1 Å². The highest BCUT2D eigenvalue weighted by atomic mass is 32.1. The highest BCUT2D eigenvalue weighted by Crippen LogP contribution is 2.40. The molecule has 0 saturated carbocycles. The average molecular weight is 379 g/mol. The molecule has 6 heteroatoms. The second-order valence-corrected chi connectivity index (χ2v) is 21.1. The Morgan fingerprint density at radius 1 is 0.739 bits per heavy atom. The molecule has 2 aromatic heterocycles. The van der Waals surface area contributed by atoms with Crippen molar-refractivity contribution in [1.29, 1.82) is 0 Å². The minimum Gasteiger partial charge on any atom is -0.294 e. The Hall–Kier alpha value is -0.826. The largest absolute Gasteiger partial charge is 0.294 e. The first kappa shape index (κ1) is 17.0. The number of hydrogen-bond acceptors (Lipinski definition) is 4. The molecule has 0 N–H and O–H groups in total. The number of carbonyl (C=O) groups is 2. The zero-order chi connectivity index (χ0) is 17.2. The molecule has 0 bridgehead atoms. The van der Waals surface area contributed by atoms with Crippen molar-refractivity contribution in [3.63, 3.8) is 0 Å². The van der Waals surface area contributed by atoms with Gasteiger partial charge in [0.05, 0.1) is 32.3 Å². The number of fused-ring (bicyclic) bond motifs is 3. The summed E-state index contributed by atoms with van der Waals surface area (Å²) in [6.45, 7) is 13.8. The minimum absolute atomic E-state index is 0.0105. The lowest BCUT2D eigenvalue weighted by Crippen LogP contribution is -2.35. The molecule has 0 aliphatic heterocycles. The fourth-order valence-electron chi connectivity index (χ4n) is 2.61. The zero-order valence-electron chi connectivity index (χ0n) is 14.5. The van der Waals surface area contributed by atoms with E-state index in [2.05, 4.69) is 51.4 Å². The Labute approximate surface area is 147 Å². The summed E-state index contributed by atoms with van der Waals surface area (Å²) in [5, 5.41) is 0. The Balaban J connectivity index is 2.27. The lowest BCUT2D eigenvalue weighted by atomic mass is 10.1. The summed E-state index contributed by atoms with van der Waals surface area (Å²) in [7, 11) is -2.94. The van der Waals surface area contributed by atoms with Crippen LogP contribution in [0.1, 0.15) is 27.1 Å². The summed E-state index contributed by atoms with van der Waals surface area (Å²) in [4.78, 5) is 27.1. The third-order valence-corrected chi connectivity index (χ3v) is 13.7. The van der Waals surface area contributed by atoms with Crippen molar-refractivity contribution in [2.24, 2.45) is 0 Å². The van der Waals surface area contributed by atoms with E-state index in [0.717, 1.165) is 20.9 Å². The molecule has 3 rings (SSSR count). The van der Waals surface area contributed by atoms with Gasteiger partial charge in [0.15, 0.2) is 11.6 Å². The molecule has 2 heterocycles. The van der Waals surface area contributed by atoms with Crippen LogP contribution >= 0.6 is 22.7 Å². The lowest BCUT2D eigenvalue weighted by Gasteiger charge is -2.12. The van der Waals surface area contributed by atoms with E-state index in [4.69, 9.17) is 0 Å². The Morgan fingerprint density at radius 2 is 1.09 bits per heavy atom. The number of carbonyl (C=O) groups excluding carboxylic acids is 2. The maximum absolute atomic E-state index is 12.5. The molecule has 2 aromatic rings. The van der Waals surface area contributed by atoms with Gasteiger partial charge < -0.3 is 0 Å². The number of rotatable bonds is 2. The van der Waals surface area contributed by atoms with E-state index in [0.29, 0.717) is 0 Å². The number of hydrogen-bond donors (Lipinski definition) is 0. The molecule has 0 aromatic carbocycles. The van der Waals surface area contributed by atoms with Gasteiger partial charge in [0.2, 0.25) is 0 Å². The molecule has 2 nitrogen and oxygen atoms in total. The molecule has 0 amide bonds. The fourth-order valence-corrected chi connectivity index (χ4v) is 8.84. The first-order chi connectivity index (χ1) is 10.5. The summed E-state index contributed by atoms with van der Waals surface area (Å²) in [5.41, 5.74) is 1.56. The van der Waals surface area contributed by atoms with Crippen LogP contribution in [0.5, 0.6) is 0 Å². The Morgan fingerprint density at radius 3 is 1.39 bits per heavy atom. The predicted octanol–water partition coefficient (Wildman–Crippen LogP) is 4.34. The van der Waals surface area contributed by atoms with Crippen LogP contribution in [0.3, 0.4) is 0 Å². The van der Waals surface area contributed by atoms with Gasteiger partial charge in [-0.2, -0.15) is 0 Å². The zero-order valence-corrected chi connectivity index (χ0v) is 18.1. The van der Waals surface area contributed by atoms with E-state index in [1.54, 1.807) is 22.7 Å². The van der Waals surface area contributed by atoms with E-state index in [1.165, 1.54) is 9.00 Å². The van der Waals surface area contributed by atoms with E-state index < -0.39 is 16.1 Å². The normalized spacial score (nSPS) is 15.4. The smallest absolute Gasteiger partial charge is 0.172 e. The maximum atomic E-state index is 12.5. The van der Waals surface area contributed by atoms with Crippen LogP contribution < -0.4 is 9.00 Å². The Bertz CT molecular complexity index is 748. The van der Waals surface area contributed by atoms with Crippen LogP contribution in [-0.4, -0.2) is 27.7 Å². The first-order valence-corrected chi connectivity index (χ1v) is 16.5. The van der Waals surface area contributed by atoms with Crippen LogP contribution in [0.15, 0.2) is 12.1 Å². The Kier molecular flexibility index (Phi) is 3.95. The van der Waals surface area contributed by atoms with Crippen LogP contribution in [0.4, 0.5) is 0 Å². The molecule has 122 valence electrons. The number of thiophene rings is 2. The summed E-state index contributed by atoms with van der Waals surface area (Å²) in [6.07, 6.45) is 0.0176. The highest BCUT2D eigenvalue weighted by Gasteiger charge is 2.33. The monoisotopic (exact) mass is 378 g/mol. The van der Waals surface area contributed by atoms with Gasteiger partial charge in [0, 0.05) is 11.1 Å². The van der Waals surface area contributed by atoms with Gasteiger partial charge in [-0.3, -0.25) is 9.59 Å². The molecule has 23 heavy (non-hydrogen) atoms. The van der Waals surface area contributed by atoms with Gasteiger partial charge in [-0.1, -0.05) is 39.3 Å². The summed E-state index contributed by atoms with van der Waals surface area (Å²) < 4.78 is 2.69. The molecule has 0 radical (unpaired) electrons. The van der Waals surface area contributed by atoms with Gasteiger partial charge in [0.1, 0.15) is 0 Å².